The lowest BCUT2D eigenvalue weighted by Crippen LogP contribution is -2.22. The predicted octanol–water partition coefficient (Wildman–Crippen LogP) is 4.93. The molecule has 4 heteroatoms. The highest BCUT2D eigenvalue weighted by Gasteiger charge is 2.08. The molecule has 27 heavy (non-hydrogen) atoms. The van der Waals surface area contributed by atoms with Crippen LogP contribution in [0.4, 0.5) is 11.4 Å². The average Bonchev–Trinajstić information content (AvgIpc) is 2.69. The number of aryl methyl sites for hydroxylation is 2. The molecule has 3 rings (SSSR count). The number of hydrogen-bond donors (Lipinski definition) is 2. The number of carbonyl (C=O) groups excluding carboxylic acids is 1. The predicted molar refractivity (Wildman–Crippen MR) is 110 cm³/mol. The zero-order valence-electron chi connectivity index (χ0n) is 15.7. The summed E-state index contributed by atoms with van der Waals surface area (Å²) >= 11 is 0. The molecule has 0 saturated heterocycles. The van der Waals surface area contributed by atoms with E-state index in [9.17, 15) is 4.79 Å². The van der Waals surface area contributed by atoms with E-state index in [1.165, 1.54) is 11.1 Å². The molecule has 0 aromatic heterocycles. The van der Waals surface area contributed by atoms with Gasteiger partial charge >= 0.3 is 0 Å². The highest BCUT2D eigenvalue weighted by Crippen LogP contribution is 2.24. The molecule has 0 spiro atoms. The Morgan fingerprint density at radius 3 is 2.41 bits per heavy atom. The lowest BCUT2D eigenvalue weighted by molar-refractivity contribution is -0.114. The number of para-hydroxylation sites is 2. The molecule has 2 N–H and O–H groups in total. The van der Waals surface area contributed by atoms with Gasteiger partial charge in [-0.05, 0) is 54.8 Å². The van der Waals surface area contributed by atoms with E-state index in [-0.39, 0.29) is 12.5 Å². The number of anilines is 2. The molecule has 0 radical (unpaired) electrons. The first kappa shape index (κ1) is 18.5. The summed E-state index contributed by atoms with van der Waals surface area (Å²) < 4.78 is 5.88. The zero-order chi connectivity index (χ0) is 19.1. The van der Waals surface area contributed by atoms with E-state index in [1.54, 1.807) is 0 Å². The van der Waals surface area contributed by atoms with Gasteiger partial charge in [-0.2, -0.15) is 0 Å². The van der Waals surface area contributed by atoms with Crippen LogP contribution in [0.5, 0.6) is 5.75 Å². The maximum absolute atomic E-state index is 12.3. The second kappa shape index (κ2) is 8.90. The topological polar surface area (TPSA) is 50.4 Å². The van der Waals surface area contributed by atoms with Gasteiger partial charge in [0.05, 0.1) is 12.2 Å². The van der Waals surface area contributed by atoms with Crippen LogP contribution in [0.3, 0.4) is 0 Å². The molecule has 0 heterocycles. The lowest BCUT2D eigenvalue weighted by atomic mass is 10.1. The van der Waals surface area contributed by atoms with Crippen LogP contribution in [-0.4, -0.2) is 12.5 Å². The van der Waals surface area contributed by atoms with Crippen LogP contribution in [0.1, 0.15) is 16.7 Å². The smallest absolute Gasteiger partial charge is 0.243 e. The molecule has 3 aromatic carbocycles. The van der Waals surface area contributed by atoms with Crippen LogP contribution in [0.25, 0.3) is 0 Å². The van der Waals surface area contributed by atoms with Crippen molar-refractivity contribution >= 4 is 17.3 Å². The van der Waals surface area contributed by atoms with Gasteiger partial charge in [0.1, 0.15) is 12.4 Å². The molecule has 1 amide bonds. The van der Waals surface area contributed by atoms with Crippen molar-refractivity contribution in [2.24, 2.45) is 0 Å². The molecular formula is C23H24N2O2. The first-order valence-corrected chi connectivity index (χ1v) is 8.98. The van der Waals surface area contributed by atoms with Crippen molar-refractivity contribution in [1.29, 1.82) is 0 Å². The van der Waals surface area contributed by atoms with Crippen molar-refractivity contribution in [2.75, 3.05) is 17.2 Å². The quantitative estimate of drug-likeness (QED) is 0.628. The van der Waals surface area contributed by atoms with Crippen molar-refractivity contribution in [1.82, 2.24) is 0 Å². The standard InChI is InChI=1S/C23H24N2O2/c1-17-12-13-20(14-18(17)2)24-15-23(26)25-21-10-6-7-11-22(21)27-16-19-8-4-3-5-9-19/h3-14,24H,15-16H2,1-2H3,(H,25,26). The Morgan fingerprint density at radius 2 is 1.63 bits per heavy atom. The molecule has 4 nitrogen and oxygen atoms in total. The van der Waals surface area contributed by atoms with Crippen LogP contribution in [0.15, 0.2) is 72.8 Å². The molecular weight excluding hydrogens is 336 g/mol. The van der Waals surface area contributed by atoms with Crippen LogP contribution < -0.4 is 15.4 Å². The van der Waals surface area contributed by atoms with Crippen LogP contribution in [0, 0.1) is 13.8 Å². The van der Waals surface area contributed by atoms with Gasteiger partial charge in [-0.3, -0.25) is 4.79 Å². The summed E-state index contributed by atoms with van der Waals surface area (Å²) in [4.78, 5) is 12.3. The Balaban J connectivity index is 1.58. The molecule has 0 aliphatic carbocycles. The van der Waals surface area contributed by atoms with E-state index < -0.39 is 0 Å². The third-order valence-corrected chi connectivity index (χ3v) is 4.36. The fourth-order valence-corrected chi connectivity index (χ4v) is 2.66. The summed E-state index contributed by atoms with van der Waals surface area (Å²) in [7, 11) is 0. The van der Waals surface area contributed by atoms with Gasteiger partial charge in [-0.25, -0.2) is 0 Å². The minimum atomic E-state index is -0.121. The third-order valence-electron chi connectivity index (χ3n) is 4.36. The van der Waals surface area contributed by atoms with E-state index in [0.29, 0.717) is 18.0 Å². The van der Waals surface area contributed by atoms with E-state index in [0.717, 1.165) is 11.3 Å². The fraction of sp³-hybridized carbons (Fsp3) is 0.174. The minimum Gasteiger partial charge on any atom is -0.487 e. The molecule has 0 unspecified atom stereocenters. The normalized spacial score (nSPS) is 10.3. The first-order valence-electron chi connectivity index (χ1n) is 8.98. The summed E-state index contributed by atoms with van der Waals surface area (Å²) in [6.45, 7) is 4.77. The molecule has 0 saturated carbocycles. The van der Waals surface area contributed by atoms with Crippen LogP contribution in [-0.2, 0) is 11.4 Å². The summed E-state index contributed by atoms with van der Waals surface area (Å²) in [5, 5.41) is 6.07. The van der Waals surface area contributed by atoms with Crippen molar-refractivity contribution in [2.45, 2.75) is 20.5 Å². The minimum absolute atomic E-state index is 0.121. The second-order valence-electron chi connectivity index (χ2n) is 6.47. The molecule has 0 aliphatic heterocycles. The SMILES string of the molecule is Cc1ccc(NCC(=O)Nc2ccccc2OCc2ccccc2)cc1C. The number of amides is 1. The van der Waals surface area contributed by atoms with Crippen molar-refractivity contribution in [3.63, 3.8) is 0 Å². The summed E-state index contributed by atoms with van der Waals surface area (Å²) in [5.74, 6) is 0.532. The van der Waals surface area contributed by atoms with Crippen molar-refractivity contribution < 1.29 is 9.53 Å². The van der Waals surface area contributed by atoms with Gasteiger partial charge in [0, 0.05) is 5.69 Å². The van der Waals surface area contributed by atoms with Crippen LogP contribution >= 0.6 is 0 Å². The van der Waals surface area contributed by atoms with Gasteiger partial charge in [0.2, 0.25) is 5.91 Å². The van der Waals surface area contributed by atoms with Crippen LogP contribution in [0.2, 0.25) is 0 Å². The van der Waals surface area contributed by atoms with Gasteiger partial charge in [-0.1, -0.05) is 48.5 Å². The molecule has 138 valence electrons. The molecule has 0 atom stereocenters. The third kappa shape index (κ3) is 5.35. The number of hydrogen-bond acceptors (Lipinski definition) is 3. The van der Waals surface area contributed by atoms with Gasteiger partial charge in [0.25, 0.3) is 0 Å². The van der Waals surface area contributed by atoms with Gasteiger partial charge in [0.15, 0.2) is 0 Å². The Hall–Kier alpha value is -3.27. The monoisotopic (exact) mass is 360 g/mol. The largest absolute Gasteiger partial charge is 0.487 e. The molecule has 0 bridgehead atoms. The highest BCUT2D eigenvalue weighted by atomic mass is 16.5. The molecule has 0 fully saturated rings. The number of rotatable bonds is 7. The summed E-state index contributed by atoms with van der Waals surface area (Å²) in [5.41, 5.74) is 5.10. The summed E-state index contributed by atoms with van der Waals surface area (Å²) in [6.07, 6.45) is 0. The molecule has 3 aromatic rings. The maximum Gasteiger partial charge on any atom is 0.243 e. The van der Waals surface area contributed by atoms with Crippen molar-refractivity contribution in [3.8, 4) is 5.75 Å². The van der Waals surface area contributed by atoms with Gasteiger partial charge < -0.3 is 15.4 Å². The average molecular weight is 360 g/mol. The van der Waals surface area contributed by atoms with E-state index in [1.807, 2.05) is 72.8 Å². The van der Waals surface area contributed by atoms with Crippen molar-refractivity contribution in [3.05, 3.63) is 89.5 Å². The number of nitrogens with one attached hydrogen (secondary N) is 2. The zero-order valence-corrected chi connectivity index (χ0v) is 15.7. The Morgan fingerprint density at radius 1 is 0.889 bits per heavy atom. The second-order valence-corrected chi connectivity index (χ2v) is 6.47. The highest BCUT2D eigenvalue weighted by molar-refractivity contribution is 5.95. The Bertz CT molecular complexity index is 907. The Kier molecular flexibility index (Phi) is 6.10. The Labute approximate surface area is 160 Å². The summed E-state index contributed by atoms with van der Waals surface area (Å²) in [6, 6.07) is 23.5. The maximum atomic E-state index is 12.3. The number of ether oxygens (including phenoxy) is 1. The fourth-order valence-electron chi connectivity index (χ4n) is 2.66. The lowest BCUT2D eigenvalue weighted by Gasteiger charge is -2.13. The number of carbonyl (C=O) groups is 1. The molecule has 0 aliphatic rings. The van der Waals surface area contributed by atoms with Gasteiger partial charge in [-0.15, -0.1) is 0 Å². The first-order chi connectivity index (χ1) is 13.1. The van der Waals surface area contributed by atoms with E-state index in [4.69, 9.17) is 4.74 Å². The van der Waals surface area contributed by atoms with E-state index >= 15 is 0 Å². The number of benzene rings is 3. The van der Waals surface area contributed by atoms with E-state index in [2.05, 4.69) is 24.5 Å².